The summed E-state index contributed by atoms with van der Waals surface area (Å²) >= 11 is 0. The number of nitrogens with two attached hydrogens (primary N) is 1. The highest BCUT2D eigenvalue weighted by Crippen LogP contribution is 2.28. The SMILES string of the molecule is Cc1c(CN)ccc2c1ncn2C1CCCCO1. The molecule has 2 aromatic rings. The van der Waals surface area contributed by atoms with Gasteiger partial charge in [0.25, 0.3) is 0 Å². The molecule has 0 amide bonds. The third-order valence-corrected chi connectivity index (χ3v) is 3.80. The molecule has 2 heterocycles. The van der Waals surface area contributed by atoms with Gasteiger partial charge in [0.05, 0.1) is 17.4 Å². The minimum absolute atomic E-state index is 0.145. The Labute approximate surface area is 107 Å². The van der Waals surface area contributed by atoms with Crippen molar-refractivity contribution in [2.24, 2.45) is 5.73 Å². The first kappa shape index (κ1) is 11.7. The quantitative estimate of drug-likeness (QED) is 0.884. The van der Waals surface area contributed by atoms with Crippen molar-refractivity contribution < 1.29 is 4.74 Å². The van der Waals surface area contributed by atoms with E-state index in [1.807, 2.05) is 6.33 Å². The van der Waals surface area contributed by atoms with Gasteiger partial charge in [-0.3, -0.25) is 0 Å². The number of imidazole rings is 1. The van der Waals surface area contributed by atoms with Crippen molar-refractivity contribution in [3.63, 3.8) is 0 Å². The number of benzene rings is 1. The van der Waals surface area contributed by atoms with E-state index in [0.29, 0.717) is 6.54 Å². The van der Waals surface area contributed by atoms with Gasteiger partial charge in [0, 0.05) is 13.2 Å². The Morgan fingerprint density at radius 3 is 3.06 bits per heavy atom. The predicted octanol–water partition coefficient (Wildman–Crippen LogP) is 2.50. The number of fused-ring (bicyclic) bond motifs is 1. The molecule has 1 aromatic heterocycles. The maximum Gasteiger partial charge on any atom is 0.135 e. The first-order valence-corrected chi connectivity index (χ1v) is 6.58. The molecule has 0 bridgehead atoms. The van der Waals surface area contributed by atoms with Gasteiger partial charge < -0.3 is 15.0 Å². The van der Waals surface area contributed by atoms with Crippen LogP contribution in [0.15, 0.2) is 18.5 Å². The van der Waals surface area contributed by atoms with Crippen LogP contribution in [0.1, 0.15) is 36.6 Å². The summed E-state index contributed by atoms with van der Waals surface area (Å²) in [5.74, 6) is 0. The number of hydrogen-bond acceptors (Lipinski definition) is 3. The molecule has 2 N–H and O–H groups in total. The summed E-state index contributed by atoms with van der Waals surface area (Å²) in [6.45, 7) is 3.50. The van der Waals surface area contributed by atoms with E-state index in [4.69, 9.17) is 10.5 Å². The second-order valence-corrected chi connectivity index (χ2v) is 4.89. The van der Waals surface area contributed by atoms with E-state index in [-0.39, 0.29) is 6.23 Å². The minimum atomic E-state index is 0.145. The normalized spacial score (nSPS) is 20.4. The molecular formula is C14H19N3O. The summed E-state index contributed by atoms with van der Waals surface area (Å²) in [4.78, 5) is 4.53. The molecule has 1 aromatic carbocycles. The van der Waals surface area contributed by atoms with Crippen LogP contribution < -0.4 is 5.73 Å². The van der Waals surface area contributed by atoms with Crippen molar-refractivity contribution in [2.75, 3.05) is 6.61 Å². The van der Waals surface area contributed by atoms with Crippen molar-refractivity contribution in [3.05, 3.63) is 29.6 Å². The maximum atomic E-state index is 5.83. The molecule has 18 heavy (non-hydrogen) atoms. The topological polar surface area (TPSA) is 53.1 Å². The standard InChI is InChI=1S/C14H19N3O/c1-10-11(8-15)5-6-12-14(10)16-9-17(12)13-4-2-3-7-18-13/h5-6,9,13H,2-4,7-8,15H2,1H3. The lowest BCUT2D eigenvalue weighted by Gasteiger charge is -2.24. The third-order valence-electron chi connectivity index (χ3n) is 3.80. The molecule has 0 spiro atoms. The van der Waals surface area contributed by atoms with E-state index in [2.05, 4.69) is 28.6 Å². The molecule has 1 aliphatic heterocycles. The zero-order chi connectivity index (χ0) is 12.5. The van der Waals surface area contributed by atoms with Crippen molar-refractivity contribution in [1.29, 1.82) is 0 Å². The first-order chi connectivity index (χ1) is 8.81. The summed E-state index contributed by atoms with van der Waals surface area (Å²) < 4.78 is 7.98. The average Bonchev–Trinajstić information content (AvgIpc) is 2.85. The number of aryl methyl sites for hydroxylation is 1. The summed E-state index contributed by atoms with van der Waals surface area (Å²) in [5, 5.41) is 0. The van der Waals surface area contributed by atoms with E-state index < -0.39 is 0 Å². The zero-order valence-electron chi connectivity index (χ0n) is 10.7. The van der Waals surface area contributed by atoms with Crippen LogP contribution in [0.4, 0.5) is 0 Å². The second kappa shape index (κ2) is 4.71. The molecule has 96 valence electrons. The number of rotatable bonds is 2. The molecular weight excluding hydrogens is 226 g/mol. The number of ether oxygens (including phenoxy) is 1. The monoisotopic (exact) mass is 245 g/mol. The van der Waals surface area contributed by atoms with Crippen LogP contribution in [0, 0.1) is 6.92 Å². The Morgan fingerprint density at radius 2 is 2.33 bits per heavy atom. The molecule has 0 radical (unpaired) electrons. The van der Waals surface area contributed by atoms with Gasteiger partial charge >= 0.3 is 0 Å². The van der Waals surface area contributed by atoms with Gasteiger partial charge in [-0.1, -0.05) is 6.07 Å². The van der Waals surface area contributed by atoms with Gasteiger partial charge in [0.1, 0.15) is 6.23 Å². The summed E-state index contributed by atoms with van der Waals surface area (Å²) in [5.41, 5.74) is 10.3. The number of hydrogen-bond donors (Lipinski definition) is 1. The van der Waals surface area contributed by atoms with E-state index in [1.54, 1.807) is 0 Å². The molecule has 4 nitrogen and oxygen atoms in total. The van der Waals surface area contributed by atoms with Crippen LogP contribution in [0.3, 0.4) is 0 Å². The highest BCUT2D eigenvalue weighted by atomic mass is 16.5. The molecule has 1 atom stereocenters. The predicted molar refractivity (Wildman–Crippen MR) is 71.2 cm³/mol. The lowest BCUT2D eigenvalue weighted by atomic mass is 10.1. The average molecular weight is 245 g/mol. The van der Waals surface area contributed by atoms with Gasteiger partial charge in [-0.25, -0.2) is 4.98 Å². The lowest BCUT2D eigenvalue weighted by Crippen LogP contribution is -2.17. The van der Waals surface area contributed by atoms with E-state index in [0.717, 1.165) is 29.6 Å². The van der Waals surface area contributed by atoms with Crippen molar-refractivity contribution in [2.45, 2.75) is 39.0 Å². The maximum absolute atomic E-state index is 5.83. The van der Waals surface area contributed by atoms with Crippen molar-refractivity contribution in [1.82, 2.24) is 9.55 Å². The fourth-order valence-corrected chi connectivity index (χ4v) is 2.67. The summed E-state index contributed by atoms with van der Waals surface area (Å²) in [6, 6.07) is 4.20. The molecule has 1 aliphatic rings. The molecule has 1 saturated heterocycles. The Bertz CT molecular complexity index is 555. The highest BCUT2D eigenvalue weighted by molar-refractivity contribution is 5.80. The zero-order valence-corrected chi connectivity index (χ0v) is 10.7. The van der Waals surface area contributed by atoms with Crippen molar-refractivity contribution >= 4 is 11.0 Å². The molecule has 3 rings (SSSR count). The number of aromatic nitrogens is 2. The second-order valence-electron chi connectivity index (χ2n) is 4.89. The molecule has 4 heteroatoms. The Hall–Kier alpha value is -1.39. The molecule has 1 fully saturated rings. The van der Waals surface area contributed by atoms with Gasteiger partial charge in [-0.15, -0.1) is 0 Å². The largest absolute Gasteiger partial charge is 0.358 e. The van der Waals surface area contributed by atoms with Gasteiger partial charge in [0.2, 0.25) is 0 Å². The first-order valence-electron chi connectivity index (χ1n) is 6.58. The summed E-state index contributed by atoms with van der Waals surface area (Å²) in [6.07, 6.45) is 5.51. The third kappa shape index (κ3) is 1.82. The van der Waals surface area contributed by atoms with Gasteiger partial charge in [-0.05, 0) is 43.4 Å². The van der Waals surface area contributed by atoms with Crippen molar-refractivity contribution in [3.8, 4) is 0 Å². The number of nitrogens with zero attached hydrogens (tertiary/aromatic N) is 2. The van der Waals surface area contributed by atoms with E-state index in [9.17, 15) is 0 Å². The van der Waals surface area contributed by atoms with Crippen LogP contribution in [0.2, 0.25) is 0 Å². The van der Waals surface area contributed by atoms with Crippen LogP contribution >= 0.6 is 0 Å². The molecule has 1 unspecified atom stereocenters. The van der Waals surface area contributed by atoms with E-state index >= 15 is 0 Å². The van der Waals surface area contributed by atoms with Gasteiger partial charge in [-0.2, -0.15) is 0 Å². The Balaban J connectivity index is 2.06. The fraction of sp³-hybridized carbons (Fsp3) is 0.500. The Kier molecular flexibility index (Phi) is 3.06. The smallest absolute Gasteiger partial charge is 0.135 e. The lowest BCUT2D eigenvalue weighted by molar-refractivity contribution is -0.0295. The van der Waals surface area contributed by atoms with Crippen LogP contribution in [0.25, 0.3) is 11.0 Å². The van der Waals surface area contributed by atoms with E-state index in [1.165, 1.54) is 18.4 Å². The molecule has 0 aliphatic carbocycles. The van der Waals surface area contributed by atoms with Gasteiger partial charge in [0.15, 0.2) is 0 Å². The molecule has 0 saturated carbocycles. The van der Waals surface area contributed by atoms with Crippen LogP contribution in [0.5, 0.6) is 0 Å². The fourth-order valence-electron chi connectivity index (χ4n) is 2.67. The van der Waals surface area contributed by atoms with Crippen LogP contribution in [-0.4, -0.2) is 16.2 Å². The summed E-state index contributed by atoms with van der Waals surface area (Å²) in [7, 11) is 0. The highest BCUT2D eigenvalue weighted by Gasteiger charge is 2.18. The Morgan fingerprint density at radius 1 is 1.44 bits per heavy atom. The minimum Gasteiger partial charge on any atom is -0.358 e. The van der Waals surface area contributed by atoms with Crippen LogP contribution in [-0.2, 0) is 11.3 Å².